The minimum atomic E-state index is -0.860. The van der Waals surface area contributed by atoms with Crippen molar-refractivity contribution in [2.45, 2.75) is 6.92 Å². The van der Waals surface area contributed by atoms with Crippen LogP contribution in [0.1, 0.15) is 17.4 Å². The predicted octanol–water partition coefficient (Wildman–Crippen LogP) is 2.68. The van der Waals surface area contributed by atoms with E-state index in [1.807, 2.05) is 19.1 Å². The summed E-state index contributed by atoms with van der Waals surface area (Å²) in [6.45, 7) is 2.51. The summed E-state index contributed by atoms with van der Waals surface area (Å²) in [4.78, 5) is 29.6. The number of carboxylic acid groups (broad SMARTS) is 1. The molecular formula is C16H15ClN2O3. The Morgan fingerprint density at radius 3 is 2.68 bits per heavy atom. The van der Waals surface area contributed by atoms with Crippen LogP contribution >= 0.6 is 11.6 Å². The first-order valence-electron chi connectivity index (χ1n) is 7.04. The van der Waals surface area contributed by atoms with Gasteiger partial charge in [-0.25, -0.2) is 4.98 Å². The first kappa shape index (κ1) is 14.8. The number of likely N-dealkylation sites (tertiary alicyclic amines) is 1. The largest absolute Gasteiger partial charge is 0.481 e. The molecule has 0 saturated carbocycles. The number of aliphatic carboxylic acids is 1. The van der Waals surface area contributed by atoms with E-state index in [4.69, 9.17) is 16.7 Å². The lowest BCUT2D eigenvalue weighted by molar-refractivity contribution is -0.142. The maximum Gasteiger partial charge on any atom is 0.308 e. The molecule has 2 aromatic rings. The summed E-state index contributed by atoms with van der Waals surface area (Å²) >= 11 is 5.95. The number of carbonyl (C=O) groups excluding carboxylic acids is 1. The van der Waals surface area contributed by atoms with Crippen LogP contribution < -0.4 is 0 Å². The lowest BCUT2D eigenvalue weighted by Gasteiger charge is -2.15. The fraction of sp³-hybridized carbons (Fsp3) is 0.312. The van der Waals surface area contributed by atoms with Gasteiger partial charge in [-0.1, -0.05) is 30.7 Å². The van der Waals surface area contributed by atoms with Gasteiger partial charge in [0.2, 0.25) is 0 Å². The van der Waals surface area contributed by atoms with Gasteiger partial charge in [-0.2, -0.15) is 0 Å². The van der Waals surface area contributed by atoms with Gasteiger partial charge >= 0.3 is 5.97 Å². The number of pyridine rings is 1. The van der Waals surface area contributed by atoms with Gasteiger partial charge in [0.15, 0.2) is 0 Å². The van der Waals surface area contributed by atoms with Crippen LogP contribution in [0.3, 0.4) is 0 Å². The van der Waals surface area contributed by atoms with E-state index in [0.29, 0.717) is 22.8 Å². The molecule has 1 aromatic carbocycles. The number of nitrogens with zero attached hydrogens (tertiary/aromatic N) is 2. The van der Waals surface area contributed by atoms with Gasteiger partial charge in [0.1, 0.15) is 5.69 Å². The number of halogens is 1. The highest BCUT2D eigenvalue weighted by molar-refractivity contribution is 6.31. The quantitative estimate of drug-likeness (QED) is 0.924. The molecule has 6 heteroatoms. The first-order chi connectivity index (χ1) is 10.5. The second kappa shape index (κ2) is 5.57. The molecule has 1 N–H and O–H groups in total. The number of benzene rings is 1. The summed E-state index contributed by atoms with van der Waals surface area (Å²) in [7, 11) is 0. The molecule has 1 aliphatic heterocycles. The van der Waals surface area contributed by atoms with Crippen LogP contribution in [0.15, 0.2) is 30.3 Å². The third-order valence-electron chi connectivity index (χ3n) is 4.09. The van der Waals surface area contributed by atoms with Crippen molar-refractivity contribution in [3.05, 3.63) is 41.0 Å². The minimum absolute atomic E-state index is 0.0589. The first-order valence-corrected chi connectivity index (χ1v) is 7.42. The van der Waals surface area contributed by atoms with Gasteiger partial charge in [-0.3, -0.25) is 9.59 Å². The predicted molar refractivity (Wildman–Crippen MR) is 82.9 cm³/mol. The second-order valence-electron chi connectivity index (χ2n) is 5.67. The number of carbonyl (C=O) groups is 2. The van der Waals surface area contributed by atoms with Crippen molar-refractivity contribution in [3.63, 3.8) is 0 Å². The number of hydrogen-bond donors (Lipinski definition) is 1. The molecule has 0 unspecified atom stereocenters. The van der Waals surface area contributed by atoms with E-state index in [1.165, 1.54) is 0 Å². The van der Waals surface area contributed by atoms with E-state index in [2.05, 4.69) is 4.98 Å². The molecule has 2 atom stereocenters. The Morgan fingerprint density at radius 2 is 2.00 bits per heavy atom. The Balaban J connectivity index is 1.88. The van der Waals surface area contributed by atoms with Crippen molar-refractivity contribution in [2.75, 3.05) is 13.1 Å². The van der Waals surface area contributed by atoms with E-state index in [-0.39, 0.29) is 18.4 Å². The third-order valence-corrected chi connectivity index (χ3v) is 4.33. The zero-order chi connectivity index (χ0) is 15.9. The van der Waals surface area contributed by atoms with Gasteiger partial charge in [0.25, 0.3) is 5.91 Å². The summed E-state index contributed by atoms with van der Waals surface area (Å²) in [6.07, 6.45) is 0. The Morgan fingerprint density at radius 1 is 1.27 bits per heavy atom. The fourth-order valence-electron chi connectivity index (χ4n) is 2.83. The molecule has 0 radical (unpaired) electrons. The highest BCUT2D eigenvalue weighted by Crippen LogP contribution is 2.25. The summed E-state index contributed by atoms with van der Waals surface area (Å²) in [6, 6.07) is 8.81. The van der Waals surface area contributed by atoms with Crippen molar-refractivity contribution < 1.29 is 14.7 Å². The Labute approximate surface area is 132 Å². The third kappa shape index (κ3) is 2.64. The maximum atomic E-state index is 12.5. The SMILES string of the molecule is C[C@@H]1CN(C(=O)c2ccc3ccc(Cl)cc3n2)C[C@H]1C(=O)O. The van der Waals surface area contributed by atoms with Crippen LogP contribution in [-0.4, -0.2) is 40.0 Å². The normalized spacial score (nSPS) is 21.3. The molecule has 1 fully saturated rings. The number of carboxylic acids is 1. The van der Waals surface area contributed by atoms with Gasteiger partial charge in [-0.15, -0.1) is 0 Å². The van der Waals surface area contributed by atoms with Gasteiger partial charge in [0, 0.05) is 23.5 Å². The van der Waals surface area contributed by atoms with Gasteiger partial charge < -0.3 is 10.0 Å². The van der Waals surface area contributed by atoms with E-state index < -0.39 is 11.9 Å². The van der Waals surface area contributed by atoms with Crippen LogP contribution in [-0.2, 0) is 4.79 Å². The minimum Gasteiger partial charge on any atom is -0.481 e. The molecule has 114 valence electrons. The monoisotopic (exact) mass is 318 g/mol. The van der Waals surface area contributed by atoms with E-state index in [0.717, 1.165) is 5.39 Å². The van der Waals surface area contributed by atoms with Crippen LogP contribution in [0.25, 0.3) is 10.9 Å². The summed E-state index contributed by atoms with van der Waals surface area (Å²) < 4.78 is 0. The van der Waals surface area contributed by atoms with Crippen molar-refractivity contribution in [1.29, 1.82) is 0 Å². The number of hydrogen-bond acceptors (Lipinski definition) is 3. The smallest absolute Gasteiger partial charge is 0.308 e. The average Bonchev–Trinajstić information content (AvgIpc) is 2.88. The molecule has 2 heterocycles. The summed E-state index contributed by atoms with van der Waals surface area (Å²) in [5.74, 6) is -1.67. The molecule has 0 aliphatic carbocycles. The van der Waals surface area contributed by atoms with Crippen molar-refractivity contribution in [1.82, 2.24) is 9.88 Å². The van der Waals surface area contributed by atoms with Crippen molar-refractivity contribution >= 4 is 34.4 Å². The van der Waals surface area contributed by atoms with Gasteiger partial charge in [0.05, 0.1) is 11.4 Å². The lowest BCUT2D eigenvalue weighted by Crippen LogP contribution is -2.30. The number of amides is 1. The molecule has 1 aliphatic rings. The molecule has 1 aromatic heterocycles. The molecular weight excluding hydrogens is 304 g/mol. The lowest BCUT2D eigenvalue weighted by atomic mass is 9.99. The van der Waals surface area contributed by atoms with Crippen LogP contribution in [0, 0.1) is 11.8 Å². The molecule has 22 heavy (non-hydrogen) atoms. The molecule has 1 saturated heterocycles. The number of aromatic nitrogens is 1. The summed E-state index contributed by atoms with van der Waals surface area (Å²) in [5.41, 5.74) is 0.966. The van der Waals surface area contributed by atoms with E-state index in [9.17, 15) is 9.59 Å². The zero-order valence-electron chi connectivity index (χ0n) is 12.0. The molecule has 3 rings (SSSR count). The molecule has 1 amide bonds. The highest BCUT2D eigenvalue weighted by atomic mass is 35.5. The molecule has 0 spiro atoms. The fourth-order valence-corrected chi connectivity index (χ4v) is 2.99. The van der Waals surface area contributed by atoms with Crippen LogP contribution in [0.5, 0.6) is 0 Å². The summed E-state index contributed by atoms with van der Waals surface area (Å²) in [5, 5.41) is 10.6. The molecule has 0 bridgehead atoms. The van der Waals surface area contributed by atoms with Crippen molar-refractivity contribution in [2.24, 2.45) is 11.8 Å². The molecule has 5 nitrogen and oxygen atoms in total. The Hall–Kier alpha value is -2.14. The van der Waals surface area contributed by atoms with Crippen LogP contribution in [0.4, 0.5) is 0 Å². The second-order valence-corrected chi connectivity index (χ2v) is 6.10. The number of rotatable bonds is 2. The standard InChI is InChI=1S/C16H15ClN2O3/c1-9-7-19(8-12(9)16(21)22)15(20)13-5-3-10-2-4-11(17)6-14(10)18-13/h2-6,9,12H,7-8H2,1H3,(H,21,22)/t9-,12-/m1/s1. The highest BCUT2D eigenvalue weighted by Gasteiger charge is 2.37. The maximum absolute atomic E-state index is 12.5. The van der Waals surface area contributed by atoms with E-state index >= 15 is 0 Å². The Bertz CT molecular complexity index is 762. The average molecular weight is 319 g/mol. The van der Waals surface area contributed by atoms with Gasteiger partial charge in [-0.05, 0) is 24.1 Å². The zero-order valence-corrected chi connectivity index (χ0v) is 12.7. The Kier molecular flexibility index (Phi) is 3.74. The van der Waals surface area contributed by atoms with Crippen LogP contribution in [0.2, 0.25) is 5.02 Å². The number of fused-ring (bicyclic) bond motifs is 1. The van der Waals surface area contributed by atoms with Crippen molar-refractivity contribution in [3.8, 4) is 0 Å². The topological polar surface area (TPSA) is 70.5 Å². The van der Waals surface area contributed by atoms with E-state index in [1.54, 1.807) is 23.1 Å².